The lowest BCUT2D eigenvalue weighted by Crippen LogP contribution is -2.47. The van der Waals surface area contributed by atoms with Gasteiger partial charge in [-0.05, 0) is 37.8 Å². The van der Waals surface area contributed by atoms with Crippen LogP contribution in [-0.4, -0.2) is 55.5 Å². The molecule has 0 unspecified atom stereocenters. The van der Waals surface area contributed by atoms with Crippen LogP contribution in [0.25, 0.3) is 0 Å². The van der Waals surface area contributed by atoms with Gasteiger partial charge in [-0.3, -0.25) is 4.79 Å². The number of fused-ring (bicyclic) bond motifs is 1. The summed E-state index contributed by atoms with van der Waals surface area (Å²) in [6.07, 6.45) is 7.45. The fourth-order valence-corrected chi connectivity index (χ4v) is 4.12. The third-order valence-corrected chi connectivity index (χ3v) is 5.61. The summed E-state index contributed by atoms with van der Waals surface area (Å²) in [4.78, 5) is 25.9. The molecule has 1 saturated carbocycles. The average Bonchev–Trinajstić information content (AvgIpc) is 3.07. The number of hydrogen-bond donors (Lipinski definition) is 1. The number of nitrogens with zero attached hydrogens (tertiary/aromatic N) is 3. The Bertz CT molecular complexity index is 860. The number of allylic oxidation sites excluding steroid dienone is 2. The van der Waals surface area contributed by atoms with E-state index < -0.39 is 34.0 Å². The van der Waals surface area contributed by atoms with Gasteiger partial charge in [-0.15, -0.1) is 4.40 Å². The third kappa shape index (κ3) is 3.77. The Labute approximate surface area is 151 Å². The van der Waals surface area contributed by atoms with Crippen molar-refractivity contribution in [3.8, 4) is 6.07 Å². The van der Waals surface area contributed by atoms with Gasteiger partial charge in [-0.1, -0.05) is 0 Å². The molecule has 0 spiro atoms. The second-order valence-corrected chi connectivity index (χ2v) is 8.10. The summed E-state index contributed by atoms with van der Waals surface area (Å²) in [5.41, 5.74) is -0.922. The Hall–Kier alpha value is -2.67. The summed E-state index contributed by atoms with van der Waals surface area (Å²) < 4.78 is 32.0. The van der Waals surface area contributed by atoms with Crippen LogP contribution in [0.3, 0.4) is 0 Å². The molecule has 0 aromatic carbocycles. The Morgan fingerprint density at radius 1 is 1.38 bits per heavy atom. The largest absolute Gasteiger partial charge is 0.452 e. The number of hydrogen-bond acceptors (Lipinski definition) is 7. The quantitative estimate of drug-likeness (QED) is 0.681. The number of rotatable bonds is 4. The molecule has 0 aromatic heterocycles. The molecule has 3 rings (SSSR count). The lowest BCUT2D eigenvalue weighted by atomic mass is 10.00. The maximum atomic E-state index is 12.3. The number of esters is 1. The van der Waals surface area contributed by atoms with Gasteiger partial charge in [0.1, 0.15) is 11.1 Å². The predicted octanol–water partition coefficient (Wildman–Crippen LogP) is -0.0202. The first-order chi connectivity index (χ1) is 12.3. The molecule has 0 bridgehead atoms. The van der Waals surface area contributed by atoms with Gasteiger partial charge in [-0.25, -0.2) is 13.2 Å². The number of sulfonamides is 1. The minimum Gasteiger partial charge on any atom is -0.452 e. The van der Waals surface area contributed by atoms with Crippen molar-refractivity contribution in [2.24, 2.45) is 4.40 Å². The van der Waals surface area contributed by atoms with Crippen LogP contribution in [0.5, 0.6) is 0 Å². The number of carbonyl (C=O) groups excluding carboxylic acids is 2. The molecule has 1 aliphatic carbocycles. The summed E-state index contributed by atoms with van der Waals surface area (Å²) >= 11 is 0. The number of carbonyl (C=O) groups is 2. The van der Waals surface area contributed by atoms with Crippen molar-refractivity contribution in [2.45, 2.75) is 31.2 Å². The fraction of sp³-hybridized carbons (Fsp3) is 0.500. The first kappa shape index (κ1) is 18.1. The van der Waals surface area contributed by atoms with Crippen LogP contribution in [0.4, 0.5) is 0 Å². The van der Waals surface area contributed by atoms with E-state index in [9.17, 15) is 23.3 Å². The molecule has 26 heavy (non-hydrogen) atoms. The van der Waals surface area contributed by atoms with E-state index in [1.165, 1.54) is 6.08 Å². The molecule has 2 heterocycles. The lowest BCUT2D eigenvalue weighted by Gasteiger charge is -2.28. The van der Waals surface area contributed by atoms with Crippen LogP contribution in [0.1, 0.15) is 25.7 Å². The standard InChI is InChI=1S/C16H18N4O5S/c17-11-16(5-1-2-6-16)18-13(21)10-25-15(22)12-4-3-7-20-8-9-26(23,24)19-14(12)20/h3-4,7H,1-2,5-6,8-10H2,(H,18,21). The molecule has 138 valence electrons. The Kier molecular flexibility index (Phi) is 4.82. The summed E-state index contributed by atoms with van der Waals surface area (Å²) in [6.45, 7) is -0.364. The SMILES string of the molecule is N#CC1(NC(=O)COC(=O)C2=CC=CN3CCS(=O)(=O)N=C23)CCCC1. The first-order valence-electron chi connectivity index (χ1n) is 8.22. The molecule has 0 atom stereocenters. The zero-order valence-electron chi connectivity index (χ0n) is 14.0. The van der Waals surface area contributed by atoms with E-state index in [2.05, 4.69) is 15.8 Å². The van der Waals surface area contributed by atoms with E-state index in [1.54, 1.807) is 17.2 Å². The summed E-state index contributed by atoms with van der Waals surface area (Å²) in [6, 6.07) is 2.12. The Morgan fingerprint density at radius 2 is 2.12 bits per heavy atom. The minimum atomic E-state index is -3.63. The van der Waals surface area contributed by atoms with Gasteiger partial charge in [0.05, 0.1) is 11.8 Å². The fourth-order valence-electron chi connectivity index (χ4n) is 3.13. The summed E-state index contributed by atoms with van der Waals surface area (Å²) in [7, 11) is -3.63. The second-order valence-electron chi connectivity index (χ2n) is 6.34. The molecule has 1 N–H and O–H groups in total. The van der Waals surface area contributed by atoms with Crippen molar-refractivity contribution < 1.29 is 22.7 Å². The van der Waals surface area contributed by atoms with E-state index in [4.69, 9.17) is 4.74 Å². The maximum Gasteiger partial charge on any atom is 0.342 e. The summed E-state index contributed by atoms with van der Waals surface area (Å²) in [5, 5.41) is 11.9. The predicted molar refractivity (Wildman–Crippen MR) is 91.1 cm³/mol. The van der Waals surface area contributed by atoms with E-state index in [1.807, 2.05) is 0 Å². The van der Waals surface area contributed by atoms with Gasteiger partial charge in [0.15, 0.2) is 12.4 Å². The van der Waals surface area contributed by atoms with Crippen molar-refractivity contribution in [2.75, 3.05) is 18.9 Å². The van der Waals surface area contributed by atoms with E-state index in [0.717, 1.165) is 12.8 Å². The normalized spacial score (nSPS) is 22.5. The second kappa shape index (κ2) is 6.92. The van der Waals surface area contributed by atoms with Crippen molar-refractivity contribution >= 4 is 27.7 Å². The van der Waals surface area contributed by atoms with E-state index in [0.29, 0.717) is 12.8 Å². The zero-order valence-corrected chi connectivity index (χ0v) is 14.8. The highest BCUT2D eigenvalue weighted by molar-refractivity contribution is 7.90. The molecule has 0 saturated heterocycles. The molecule has 9 nitrogen and oxygen atoms in total. The maximum absolute atomic E-state index is 12.3. The average molecular weight is 378 g/mol. The molecule has 10 heteroatoms. The van der Waals surface area contributed by atoms with Crippen LogP contribution in [0, 0.1) is 11.3 Å². The highest BCUT2D eigenvalue weighted by Crippen LogP contribution is 2.28. The smallest absolute Gasteiger partial charge is 0.342 e. The van der Waals surface area contributed by atoms with E-state index in [-0.39, 0.29) is 23.7 Å². The van der Waals surface area contributed by atoms with Crippen molar-refractivity contribution in [3.63, 3.8) is 0 Å². The molecular formula is C16H18N4O5S. The van der Waals surface area contributed by atoms with Crippen molar-refractivity contribution in [1.82, 2.24) is 10.2 Å². The molecule has 1 fully saturated rings. The number of ether oxygens (including phenoxy) is 1. The van der Waals surface area contributed by atoms with Crippen LogP contribution in [-0.2, 0) is 24.3 Å². The van der Waals surface area contributed by atoms with Gasteiger partial charge in [0.2, 0.25) is 0 Å². The topological polar surface area (TPSA) is 129 Å². The highest BCUT2D eigenvalue weighted by Gasteiger charge is 2.36. The number of nitrogens with one attached hydrogen (secondary N) is 1. The Morgan fingerprint density at radius 3 is 2.81 bits per heavy atom. The monoisotopic (exact) mass is 378 g/mol. The molecule has 2 aliphatic heterocycles. The van der Waals surface area contributed by atoms with Crippen LogP contribution in [0.15, 0.2) is 28.3 Å². The number of amidine groups is 1. The van der Waals surface area contributed by atoms with Gasteiger partial charge in [0, 0.05) is 12.7 Å². The van der Waals surface area contributed by atoms with Crippen LogP contribution < -0.4 is 5.32 Å². The van der Waals surface area contributed by atoms with Crippen LogP contribution >= 0.6 is 0 Å². The van der Waals surface area contributed by atoms with Gasteiger partial charge >= 0.3 is 5.97 Å². The zero-order chi connectivity index (χ0) is 18.8. The number of amides is 1. The van der Waals surface area contributed by atoms with Crippen LogP contribution in [0.2, 0.25) is 0 Å². The van der Waals surface area contributed by atoms with Crippen molar-refractivity contribution in [3.05, 3.63) is 23.9 Å². The molecule has 0 aromatic rings. The highest BCUT2D eigenvalue weighted by atomic mass is 32.2. The number of nitriles is 1. The van der Waals surface area contributed by atoms with E-state index >= 15 is 0 Å². The molecule has 1 amide bonds. The molecular weight excluding hydrogens is 360 g/mol. The molecule has 0 radical (unpaired) electrons. The molecule has 3 aliphatic rings. The van der Waals surface area contributed by atoms with Crippen molar-refractivity contribution in [1.29, 1.82) is 5.26 Å². The van der Waals surface area contributed by atoms with Gasteiger partial charge in [-0.2, -0.15) is 5.26 Å². The minimum absolute atomic E-state index is 0.00607. The lowest BCUT2D eigenvalue weighted by molar-refractivity contribution is -0.144. The first-order valence-corrected chi connectivity index (χ1v) is 9.83. The summed E-state index contributed by atoms with van der Waals surface area (Å²) in [5.74, 6) is -1.55. The van der Waals surface area contributed by atoms with Gasteiger partial charge < -0.3 is 15.0 Å². The Balaban J connectivity index is 1.64. The van der Waals surface area contributed by atoms with Gasteiger partial charge in [0.25, 0.3) is 15.9 Å². The third-order valence-electron chi connectivity index (χ3n) is 4.46.